The number of benzene rings is 3. The molecule has 0 fully saturated rings. The summed E-state index contributed by atoms with van der Waals surface area (Å²) in [6, 6.07) is 16.6. The molecule has 1 atom stereocenters. The first-order valence-corrected chi connectivity index (χ1v) is 12.6. The van der Waals surface area contributed by atoms with Crippen molar-refractivity contribution in [3.63, 3.8) is 0 Å². The molecule has 10 heteroatoms. The fraction of sp³-hybridized carbons (Fsp3) is 0.269. The van der Waals surface area contributed by atoms with Gasteiger partial charge in [0.15, 0.2) is 17.6 Å². The Hall–Kier alpha value is -3.92. The molecule has 1 heterocycles. The fourth-order valence-corrected chi connectivity index (χ4v) is 5.37. The molecular formula is C26H28N2O7S. The number of methoxy groups -OCH3 is 3. The number of carbonyl (C=O) groups is 1. The Morgan fingerprint density at radius 3 is 2.36 bits per heavy atom. The lowest BCUT2D eigenvalue weighted by molar-refractivity contribution is -0.127. The van der Waals surface area contributed by atoms with Gasteiger partial charge in [-0.25, -0.2) is 8.42 Å². The average Bonchev–Trinajstić information content (AvgIpc) is 2.90. The highest BCUT2D eigenvalue weighted by molar-refractivity contribution is 7.92. The van der Waals surface area contributed by atoms with E-state index in [1.165, 1.54) is 30.7 Å². The number of ether oxygens (including phenoxy) is 4. The number of hydrogen-bond acceptors (Lipinski definition) is 7. The highest BCUT2D eigenvalue weighted by atomic mass is 32.2. The van der Waals surface area contributed by atoms with E-state index in [1.54, 1.807) is 49.6 Å². The molecule has 3 aromatic rings. The Morgan fingerprint density at radius 2 is 1.69 bits per heavy atom. The maximum atomic E-state index is 13.6. The number of aryl methyl sites for hydroxylation is 1. The molecule has 36 heavy (non-hydrogen) atoms. The van der Waals surface area contributed by atoms with Crippen molar-refractivity contribution in [1.29, 1.82) is 0 Å². The van der Waals surface area contributed by atoms with Crippen molar-refractivity contribution >= 4 is 21.6 Å². The number of nitrogens with zero attached hydrogens (tertiary/aromatic N) is 1. The number of anilines is 1. The summed E-state index contributed by atoms with van der Waals surface area (Å²) in [4.78, 5) is 13.2. The quantitative estimate of drug-likeness (QED) is 0.494. The molecule has 1 N–H and O–H groups in total. The van der Waals surface area contributed by atoms with Crippen LogP contribution in [0.5, 0.6) is 23.0 Å². The second kappa shape index (κ2) is 10.4. The minimum absolute atomic E-state index is 0.0845. The third kappa shape index (κ3) is 5.03. The predicted octanol–water partition coefficient (Wildman–Crippen LogP) is 3.29. The van der Waals surface area contributed by atoms with E-state index in [2.05, 4.69) is 5.32 Å². The molecule has 0 unspecified atom stereocenters. The number of carbonyl (C=O) groups excluding carboxylic acids is 1. The Bertz CT molecular complexity index is 1360. The van der Waals surface area contributed by atoms with Crippen molar-refractivity contribution in [3.05, 3.63) is 71.8 Å². The molecule has 1 amide bonds. The molecule has 9 nitrogen and oxygen atoms in total. The van der Waals surface area contributed by atoms with Gasteiger partial charge in [-0.3, -0.25) is 9.10 Å². The minimum Gasteiger partial charge on any atom is -0.497 e. The Balaban J connectivity index is 1.58. The van der Waals surface area contributed by atoms with Crippen LogP contribution in [0, 0.1) is 6.92 Å². The monoisotopic (exact) mass is 512 g/mol. The van der Waals surface area contributed by atoms with E-state index < -0.39 is 22.0 Å². The summed E-state index contributed by atoms with van der Waals surface area (Å²) < 4.78 is 50.0. The highest BCUT2D eigenvalue weighted by Gasteiger charge is 2.37. The molecule has 4 rings (SSSR count). The molecule has 190 valence electrons. The van der Waals surface area contributed by atoms with Gasteiger partial charge >= 0.3 is 0 Å². The first-order chi connectivity index (χ1) is 17.3. The van der Waals surface area contributed by atoms with Crippen LogP contribution in [-0.4, -0.2) is 48.3 Å². The topological polar surface area (TPSA) is 103 Å². The van der Waals surface area contributed by atoms with E-state index in [-0.39, 0.29) is 18.0 Å². The van der Waals surface area contributed by atoms with Crippen LogP contribution in [0.4, 0.5) is 5.69 Å². The van der Waals surface area contributed by atoms with Gasteiger partial charge in [-0.1, -0.05) is 12.1 Å². The Labute approximate surface area is 210 Å². The summed E-state index contributed by atoms with van der Waals surface area (Å²) in [6.45, 7) is 1.89. The first-order valence-electron chi connectivity index (χ1n) is 11.2. The van der Waals surface area contributed by atoms with Crippen LogP contribution < -0.4 is 28.6 Å². The Morgan fingerprint density at radius 1 is 0.972 bits per heavy atom. The molecule has 0 spiro atoms. The van der Waals surface area contributed by atoms with E-state index in [0.29, 0.717) is 28.7 Å². The van der Waals surface area contributed by atoms with Gasteiger partial charge in [0.05, 0.1) is 38.5 Å². The zero-order valence-electron chi connectivity index (χ0n) is 20.5. The first kappa shape index (κ1) is 25.2. The van der Waals surface area contributed by atoms with Gasteiger partial charge in [0.1, 0.15) is 11.5 Å². The number of sulfonamides is 1. The maximum Gasteiger partial charge on any atom is 0.264 e. The Kier molecular flexibility index (Phi) is 7.25. The van der Waals surface area contributed by atoms with Gasteiger partial charge < -0.3 is 24.3 Å². The van der Waals surface area contributed by atoms with Crippen LogP contribution in [-0.2, 0) is 21.4 Å². The molecule has 0 aliphatic carbocycles. The van der Waals surface area contributed by atoms with Crippen LogP contribution in [0.25, 0.3) is 0 Å². The number of rotatable bonds is 8. The van der Waals surface area contributed by atoms with Crippen molar-refractivity contribution in [2.24, 2.45) is 0 Å². The lowest BCUT2D eigenvalue weighted by atomic mass is 10.1. The smallest absolute Gasteiger partial charge is 0.264 e. The zero-order chi connectivity index (χ0) is 25.9. The molecule has 0 saturated carbocycles. The lowest BCUT2D eigenvalue weighted by Gasteiger charge is -2.35. The highest BCUT2D eigenvalue weighted by Crippen LogP contribution is 2.38. The normalized spacial score (nSPS) is 14.9. The fourth-order valence-electron chi connectivity index (χ4n) is 3.89. The summed E-state index contributed by atoms with van der Waals surface area (Å²) >= 11 is 0. The van der Waals surface area contributed by atoms with Crippen molar-refractivity contribution < 1.29 is 32.2 Å². The molecule has 0 radical (unpaired) electrons. The van der Waals surface area contributed by atoms with E-state index >= 15 is 0 Å². The van der Waals surface area contributed by atoms with Crippen molar-refractivity contribution in [3.8, 4) is 23.0 Å². The molecule has 3 aromatic carbocycles. The second-order valence-electron chi connectivity index (χ2n) is 8.20. The molecule has 0 bridgehead atoms. The molecular weight excluding hydrogens is 484 g/mol. The number of amides is 1. The van der Waals surface area contributed by atoms with Gasteiger partial charge in [-0.05, 0) is 66.6 Å². The largest absolute Gasteiger partial charge is 0.497 e. The van der Waals surface area contributed by atoms with Gasteiger partial charge in [0, 0.05) is 6.54 Å². The summed E-state index contributed by atoms with van der Waals surface area (Å²) in [5.74, 6) is 1.55. The van der Waals surface area contributed by atoms with Crippen LogP contribution in [0.2, 0.25) is 0 Å². The van der Waals surface area contributed by atoms with Gasteiger partial charge in [0.25, 0.3) is 15.9 Å². The van der Waals surface area contributed by atoms with Crippen molar-refractivity contribution in [2.45, 2.75) is 24.5 Å². The van der Waals surface area contributed by atoms with E-state index in [1.807, 2.05) is 13.0 Å². The van der Waals surface area contributed by atoms with Gasteiger partial charge in [0.2, 0.25) is 0 Å². The molecule has 1 aliphatic heterocycles. The van der Waals surface area contributed by atoms with E-state index in [4.69, 9.17) is 18.9 Å². The minimum atomic E-state index is -3.98. The maximum absolute atomic E-state index is 13.6. The zero-order valence-corrected chi connectivity index (χ0v) is 21.3. The number of hydrogen-bond donors (Lipinski definition) is 1. The van der Waals surface area contributed by atoms with Crippen molar-refractivity contribution in [2.75, 3.05) is 32.2 Å². The van der Waals surface area contributed by atoms with Crippen LogP contribution in [0.15, 0.2) is 65.6 Å². The van der Waals surface area contributed by atoms with E-state index in [9.17, 15) is 13.2 Å². The summed E-state index contributed by atoms with van der Waals surface area (Å²) in [5, 5.41) is 2.83. The molecule has 0 aromatic heterocycles. The molecule has 1 aliphatic rings. The third-order valence-electron chi connectivity index (χ3n) is 5.84. The number of nitrogens with one attached hydrogen (secondary N) is 1. The van der Waals surface area contributed by atoms with Crippen LogP contribution in [0.1, 0.15) is 11.1 Å². The summed E-state index contributed by atoms with van der Waals surface area (Å²) in [5.41, 5.74) is 2.04. The second-order valence-corrected chi connectivity index (χ2v) is 10.1. The van der Waals surface area contributed by atoms with Crippen LogP contribution >= 0.6 is 0 Å². The lowest BCUT2D eigenvalue weighted by Crippen LogP contribution is -2.50. The van der Waals surface area contributed by atoms with Crippen LogP contribution in [0.3, 0.4) is 0 Å². The molecule has 0 saturated heterocycles. The third-order valence-corrected chi connectivity index (χ3v) is 7.63. The van der Waals surface area contributed by atoms with Gasteiger partial charge in [-0.15, -0.1) is 0 Å². The summed E-state index contributed by atoms with van der Waals surface area (Å²) in [6.07, 6.45) is -1.05. The SMILES string of the molecule is COc1ccc(S(=O)(=O)N2C[C@H](C(=O)NCc3ccc(OC)c(OC)c3)Oc3cc(C)ccc32)cc1. The van der Waals surface area contributed by atoms with Crippen molar-refractivity contribution in [1.82, 2.24) is 5.32 Å². The average molecular weight is 513 g/mol. The summed E-state index contributed by atoms with van der Waals surface area (Å²) in [7, 11) is 0.615. The van der Waals surface area contributed by atoms with E-state index in [0.717, 1.165) is 11.1 Å². The van der Waals surface area contributed by atoms with Gasteiger partial charge in [-0.2, -0.15) is 0 Å². The standard InChI is InChI=1S/C26H28N2O7S/c1-17-5-11-21-23(13-17)35-25(16-28(21)36(30,31)20-9-7-19(32-2)8-10-20)26(29)27-15-18-6-12-22(33-3)24(14-18)34-4/h5-14,25H,15-16H2,1-4H3,(H,27,29)/t25-/m1/s1. The predicted molar refractivity (Wildman–Crippen MR) is 135 cm³/mol. The number of fused-ring (bicyclic) bond motifs is 1.